The zero-order chi connectivity index (χ0) is 11.8. The number of nitrogens with zero attached hydrogens (tertiary/aromatic N) is 1. The minimum absolute atomic E-state index is 0.0950. The fraction of sp³-hybridized carbons (Fsp3) is 0.333. The molecule has 0 fully saturated rings. The molecule has 0 bridgehead atoms. The smallest absolute Gasteiger partial charge is 0.271 e. The molecule has 0 aromatic carbocycles. The molecule has 15 heavy (non-hydrogen) atoms. The van der Waals surface area contributed by atoms with E-state index in [0.717, 1.165) is 0 Å². The monoisotopic (exact) mass is 306 g/mol. The highest BCUT2D eigenvalue weighted by Crippen LogP contribution is 2.31. The standard InChI is InChI=1S/C6H3BrClF3N2O2/c7-4(8)6(10,11)13-1-2(9)3(14)12-5(13)15/h1,4H,(H,12,14,15). The van der Waals surface area contributed by atoms with Crippen molar-refractivity contribution in [2.75, 3.05) is 0 Å². The zero-order valence-electron chi connectivity index (χ0n) is 6.81. The van der Waals surface area contributed by atoms with E-state index >= 15 is 0 Å². The molecule has 84 valence electrons. The number of rotatable bonds is 2. The van der Waals surface area contributed by atoms with Crippen molar-refractivity contribution in [3.05, 3.63) is 32.9 Å². The molecule has 0 saturated carbocycles. The van der Waals surface area contributed by atoms with Crippen molar-refractivity contribution in [2.24, 2.45) is 0 Å². The minimum atomic E-state index is -3.86. The maximum absolute atomic E-state index is 13.1. The molecular formula is C6H3BrClF3N2O2. The van der Waals surface area contributed by atoms with Crippen molar-refractivity contribution in [3.8, 4) is 0 Å². The molecule has 1 aromatic rings. The number of halogens is 5. The normalized spacial score (nSPS) is 13.9. The van der Waals surface area contributed by atoms with Crippen LogP contribution in [0.15, 0.2) is 15.8 Å². The van der Waals surface area contributed by atoms with Crippen molar-refractivity contribution in [2.45, 2.75) is 10.3 Å². The average Bonchev–Trinajstić information content (AvgIpc) is 2.10. The zero-order valence-corrected chi connectivity index (χ0v) is 9.15. The predicted molar refractivity (Wildman–Crippen MR) is 50.0 cm³/mol. The number of hydrogen-bond donors (Lipinski definition) is 1. The van der Waals surface area contributed by atoms with Crippen LogP contribution in [0.3, 0.4) is 0 Å². The maximum Gasteiger partial charge on any atom is 0.358 e. The van der Waals surface area contributed by atoms with Gasteiger partial charge in [-0.15, -0.1) is 11.6 Å². The summed E-state index contributed by atoms with van der Waals surface area (Å²) in [5.41, 5.74) is -2.82. The van der Waals surface area contributed by atoms with Crippen LogP contribution in [0.2, 0.25) is 0 Å². The van der Waals surface area contributed by atoms with E-state index in [9.17, 15) is 22.8 Å². The molecule has 0 saturated heterocycles. The van der Waals surface area contributed by atoms with E-state index in [0.29, 0.717) is 0 Å². The van der Waals surface area contributed by atoms with Gasteiger partial charge in [-0.25, -0.2) is 9.36 Å². The number of hydrogen-bond acceptors (Lipinski definition) is 2. The van der Waals surface area contributed by atoms with Gasteiger partial charge in [0.25, 0.3) is 5.56 Å². The van der Waals surface area contributed by atoms with E-state index in [4.69, 9.17) is 11.6 Å². The summed E-state index contributed by atoms with van der Waals surface area (Å²) in [6.07, 6.45) is 0.0950. The molecule has 1 unspecified atom stereocenters. The number of alkyl halides is 4. The Bertz CT molecular complexity index is 484. The predicted octanol–water partition coefficient (Wildman–Crippen LogP) is 1.18. The van der Waals surface area contributed by atoms with Crippen LogP contribution in [0, 0.1) is 5.82 Å². The van der Waals surface area contributed by atoms with Crippen molar-refractivity contribution in [1.82, 2.24) is 9.55 Å². The second-order valence-corrected chi connectivity index (χ2v) is 4.37. The summed E-state index contributed by atoms with van der Waals surface area (Å²) in [6, 6.07) is -3.86. The first-order valence-electron chi connectivity index (χ1n) is 3.44. The van der Waals surface area contributed by atoms with E-state index in [2.05, 4.69) is 15.9 Å². The van der Waals surface area contributed by atoms with Crippen LogP contribution in [0.5, 0.6) is 0 Å². The van der Waals surface area contributed by atoms with Gasteiger partial charge in [-0.3, -0.25) is 9.78 Å². The van der Waals surface area contributed by atoms with Crippen LogP contribution in [0.25, 0.3) is 0 Å². The SMILES string of the molecule is O=c1[nH]c(=O)n(C(F)(F)C(Cl)Br)cc1F. The molecule has 1 atom stereocenters. The fourth-order valence-corrected chi connectivity index (χ4v) is 1.10. The van der Waals surface area contributed by atoms with Gasteiger partial charge >= 0.3 is 11.7 Å². The van der Waals surface area contributed by atoms with E-state index < -0.39 is 27.4 Å². The molecule has 0 radical (unpaired) electrons. The highest BCUT2D eigenvalue weighted by atomic mass is 79.9. The highest BCUT2D eigenvalue weighted by Gasteiger charge is 2.40. The van der Waals surface area contributed by atoms with E-state index in [1.807, 2.05) is 0 Å². The quantitative estimate of drug-likeness (QED) is 0.834. The third-order valence-electron chi connectivity index (χ3n) is 1.48. The molecule has 0 spiro atoms. The first-order chi connectivity index (χ1) is 6.76. The molecule has 0 aliphatic rings. The lowest BCUT2D eigenvalue weighted by molar-refractivity contribution is -0.0690. The molecule has 1 aromatic heterocycles. The topological polar surface area (TPSA) is 54.9 Å². The Morgan fingerprint density at radius 3 is 2.53 bits per heavy atom. The molecule has 1 N–H and O–H groups in total. The third kappa shape index (κ3) is 2.25. The van der Waals surface area contributed by atoms with Gasteiger partial charge in [0.2, 0.25) is 5.82 Å². The Hall–Kier alpha value is -0.760. The average molecular weight is 307 g/mol. The van der Waals surface area contributed by atoms with Gasteiger partial charge in [0.05, 0.1) is 6.20 Å². The largest absolute Gasteiger partial charge is 0.358 e. The lowest BCUT2D eigenvalue weighted by Gasteiger charge is -2.19. The lowest BCUT2D eigenvalue weighted by Crippen LogP contribution is -2.42. The maximum atomic E-state index is 13.1. The molecule has 1 heterocycles. The molecule has 0 aliphatic carbocycles. The van der Waals surface area contributed by atoms with Crippen LogP contribution >= 0.6 is 27.5 Å². The molecule has 0 aliphatic heterocycles. The van der Waals surface area contributed by atoms with E-state index in [-0.39, 0.29) is 10.8 Å². The Kier molecular flexibility index (Phi) is 3.29. The highest BCUT2D eigenvalue weighted by molar-refractivity contribution is 9.10. The van der Waals surface area contributed by atoms with Crippen LogP contribution in [-0.4, -0.2) is 13.8 Å². The fourth-order valence-electron chi connectivity index (χ4n) is 0.774. The van der Waals surface area contributed by atoms with Crippen LogP contribution in [0.1, 0.15) is 0 Å². The van der Waals surface area contributed by atoms with Crippen LogP contribution < -0.4 is 11.2 Å². The third-order valence-corrected chi connectivity index (χ3v) is 2.30. The first kappa shape index (κ1) is 12.3. The van der Waals surface area contributed by atoms with Crippen LogP contribution in [-0.2, 0) is 6.05 Å². The summed E-state index contributed by atoms with van der Waals surface area (Å²) in [7, 11) is 0. The van der Waals surface area contributed by atoms with E-state index in [1.165, 1.54) is 4.98 Å². The second-order valence-electron chi connectivity index (χ2n) is 2.49. The lowest BCUT2D eigenvalue weighted by atomic mass is 10.5. The number of nitrogens with one attached hydrogen (secondary N) is 1. The Morgan fingerprint density at radius 2 is 2.07 bits per heavy atom. The minimum Gasteiger partial charge on any atom is -0.271 e. The summed E-state index contributed by atoms with van der Waals surface area (Å²) in [4.78, 5) is 22.9. The van der Waals surface area contributed by atoms with Gasteiger partial charge in [-0.2, -0.15) is 13.2 Å². The molecule has 1 rings (SSSR count). The van der Waals surface area contributed by atoms with Gasteiger partial charge in [-0.1, -0.05) is 15.9 Å². The van der Waals surface area contributed by atoms with Crippen molar-refractivity contribution in [1.29, 1.82) is 0 Å². The second kappa shape index (κ2) is 4.01. The van der Waals surface area contributed by atoms with Crippen LogP contribution in [0.4, 0.5) is 13.2 Å². The summed E-state index contributed by atoms with van der Waals surface area (Å²) >= 11 is 7.41. The Labute approximate surface area is 93.8 Å². The van der Waals surface area contributed by atoms with Gasteiger partial charge in [0.15, 0.2) is 4.29 Å². The Morgan fingerprint density at radius 1 is 1.53 bits per heavy atom. The number of aromatic nitrogens is 2. The van der Waals surface area contributed by atoms with Gasteiger partial charge in [0, 0.05) is 0 Å². The summed E-state index contributed by atoms with van der Waals surface area (Å²) < 4.78 is 36.7. The first-order valence-corrected chi connectivity index (χ1v) is 4.80. The summed E-state index contributed by atoms with van der Waals surface area (Å²) in [5, 5.41) is 0. The molecular weight excluding hydrogens is 304 g/mol. The Balaban J connectivity index is 3.46. The summed E-state index contributed by atoms with van der Waals surface area (Å²) in [5.74, 6) is -1.50. The number of aromatic amines is 1. The number of H-pyrrole nitrogens is 1. The van der Waals surface area contributed by atoms with Gasteiger partial charge < -0.3 is 0 Å². The van der Waals surface area contributed by atoms with Gasteiger partial charge in [-0.05, 0) is 0 Å². The van der Waals surface area contributed by atoms with Gasteiger partial charge in [0.1, 0.15) is 0 Å². The molecule has 9 heteroatoms. The van der Waals surface area contributed by atoms with Crippen molar-refractivity contribution < 1.29 is 13.2 Å². The van der Waals surface area contributed by atoms with E-state index in [1.54, 1.807) is 0 Å². The molecule has 4 nitrogen and oxygen atoms in total. The molecule has 0 amide bonds. The summed E-state index contributed by atoms with van der Waals surface area (Å²) in [6.45, 7) is 0. The van der Waals surface area contributed by atoms with Crippen molar-refractivity contribution >= 4 is 27.5 Å². The van der Waals surface area contributed by atoms with Crippen molar-refractivity contribution in [3.63, 3.8) is 0 Å².